The molecule has 1 aromatic carbocycles. The number of nitrogens with zero attached hydrogens (tertiary/aromatic N) is 1. The lowest BCUT2D eigenvalue weighted by molar-refractivity contribution is 0.127. The van der Waals surface area contributed by atoms with Gasteiger partial charge in [-0.2, -0.15) is 0 Å². The second-order valence-corrected chi connectivity index (χ2v) is 5.40. The molecule has 1 N–H and O–H groups in total. The van der Waals surface area contributed by atoms with Crippen LogP contribution in [-0.4, -0.2) is 23.3 Å². The molecule has 0 saturated carbocycles. The van der Waals surface area contributed by atoms with Crippen molar-refractivity contribution in [3.8, 4) is 0 Å². The van der Waals surface area contributed by atoms with Crippen LogP contribution in [-0.2, 0) is 0 Å². The summed E-state index contributed by atoms with van der Waals surface area (Å²) in [5, 5.41) is 10.8. The van der Waals surface area contributed by atoms with Crippen molar-refractivity contribution in [2.75, 3.05) is 11.4 Å². The van der Waals surface area contributed by atoms with E-state index in [1.165, 1.54) is 0 Å². The van der Waals surface area contributed by atoms with Gasteiger partial charge in [-0.25, -0.2) is 0 Å². The van der Waals surface area contributed by atoms with E-state index in [2.05, 4.69) is 24.8 Å². The van der Waals surface area contributed by atoms with Crippen molar-refractivity contribution in [3.05, 3.63) is 28.8 Å². The molecule has 1 fully saturated rings. The van der Waals surface area contributed by atoms with Crippen LogP contribution in [0.15, 0.2) is 18.2 Å². The molecular weight excluding hydrogens is 222 g/mol. The highest BCUT2D eigenvalue weighted by Crippen LogP contribution is 2.37. The number of aliphatic hydroxyl groups excluding tert-OH is 1. The average molecular weight is 240 g/mol. The van der Waals surface area contributed by atoms with E-state index >= 15 is 0 Å². The molecule has 2 nitrogen and oxygen atoms in total. The predicted molar refractivity (Wildman–Crippen MR) is 68.2 cm³/mol. The standard InChI is InChI=1S/C13H18ClNO/c1-9-10(14)5-4-6-11(9)15-8-7-12(16)13(15,2)3/h4-6,12,16H,7-8H2,1-3H3. The molecular formula is C13H18ClNO. The molecule has 1 aliphatic heterocycles. The van der Waals surface area contributed by atoms with Gasteiger partial charge in [0, 0.05) is 17.3 Å². The fraction of sp³-hybridized carbons (Fsp3) is 0.538. The molecule has 16 heavy (non-hydrogen) atoms. The zero-order chi connectivity index (χ0) is 11.9. The Bertz CT molecular complexity index is 403. The SMILES string of the molecule is Cc1c(Cl)cccc1N1CCC(O)C1(C)C. The van der Waals surface area contributed by atoms with E-state index in [0.717, 1.165) is 29.2 Å². The molecule has 0 bridgehead atoms. The Balaban J connectivity index is 2.42. The topological polar surface area (TPSA) is 23.5 Å². The van der Waals surface area contributed by atoms with Crippen LogP contribution < -0.4 is 4.90 Å². The van der Waals surface area contributed by atoms with E-state index in [-0.39, 0.29) is 11.6 Å². The molecule has 1 aliphatic rings. The minimum Gasteiger partial charge on any atom is -0.391 e. The summed E-state index contributed by atoms with van der Waals surface area (Å²) in [4.78, 5) is 2.25. The molecule has 0 amide bonds. The molecule has 88 valence electrons. The Morgan fingerprint density at radius 2 is 2.12 bits per heavy atom. The Kier molecular flexibility index (Phi) is 2.89. The van der Waals surface area contributed by atoms with Gasteiger partial charge in [-0.05, 0) is 44.9 Å². The Hall–Kier alpha value is -0.730. The third-order valence-electron chi connectivity index (χ3n) is 3.67. The van der Waals surface area contributed by atoms with Crippen LogP contribution in [0.4, 0.5) is 5.69 Å². The minimum absolute atomic E-state index is 0.213. The third kappa shape index (κ3) is 1.70. The summed E-state index contributed by atoms with van der Waals surface area (Å²) in [5.74, 6) is 0. The zero-order valence-electron chi connectivity index (χ0n) is 10.00. The van der Waals surface area contributed by atoms with Gasteiger partial charge in [-0.15, -0.1) is 0 Å². The highest BCUT2D eigenvalue weighted by molar-refractivity contribution is 6.31. The summed E-state index contributed by atoms with van der Waals surface area (Å²) in [6, 6.07) is 5.94. The van der Waals surface area contributed by atoms with Crippen LogP contribution in [0, 0.1) is 6.92 Å². The van der Waals surface area contributed by atoms with Crippen molar-refractivity contribution in [2.24, 2.45) is 0 Å². The van der Waals surface area contributed by atoms with Crippen molar-refractivity contribution in [1.82, 2.24) is 0 Å². The maximum atomic E-state index is 9.97. The van der Waals surface area contributed by atoms with E-state index in [1.54, 1.807) is 0 Å². The molecule has 0 aromatic heterocycles. The number of rotatable bonds is 1. The highest BCUT2D eigenvalue weighted by atomic mass is 35.5. The van der Waals surface area contributed by atoms with Crippen molar-refractivity contribution in [3.63, 3.8) is 0 Å². The third-order valence-corrected chi connectivity index (χ3v) is 4.08. The molecule has 1 saturated heterocycles. The van der Waals surface area contributed by atoms with Crippen LogP contribution in [0.25, 0.3) is 0 Å². The van der Waals surface area contributed by atoms with Gasteiger partial charge in [-0.1, -0.05) is 17.7 Å². The summed E-state index contributed by atoms with van der Waals surface area (Å²) in [5.41, 5.74) is 2.01. The van der Waals surface area contributed by atoms with Crippen molar-refractivity contribution >= 4 is 17.3 Å². The predicted octanol–water partition coefficient (Wildman–Crippen LogP) is 3.00. The van der Waals surface area contributed by atoms with Gasteiger partial charge in [0.2, 0.25) is 0 Å². The monoisotopic (exact) mass is 239 g/mol. The van der Waals surface area contributed by atoms with Gasteiger partial charge in [-0.3, -0.25) is 0 Å². The second kappa shape index (κ2) is 3.94. The zero-order valence-corrected chi connectivity index (χ0v) is 10.8. The van der Waals surface area contributed by atoms with E-state index in [1.807, 2.05) is 19.1 Å². The van der Waals surface area contributed by atoms with Crippen LogP contribution in [0.1, 0.15) is 25.8 Å². The maximum Gasteiger partial charge on any atom is 0.0783 e. The largest absolute Gasteiger partial charge is 0.391 e. The summed E-state index contributed by atoms with van der Waals surface area (Å²) < 4.78 is 0. The molecule has 0 radical (unpaired) electrons. The molecule has 0 aliphatic carbocycles. The molecule has 1 heterocycles. The molecule has 1 unspecified atom stereocenters. The number of benzene rings is 1. The Labute approximate surface area is 102 Å². The molecule has 3 heteroatoms. The summed E-state index contributed by atoms with van der Waals surface area (Å²) in [7, 11) is 0. The van der Waals surface area contributed by atoms with Crippen LogP contribution in [0.3, 0.4) is 0 Å². The number of halogens is 1. The smallest absolute Gasteiger partial charge is 0.0783 e. The Morgan fingerprint density at radius 1 is 1.44 bits per heavy atom. The Morgan fingerprint density at radius 3 is 2.69 bits per heavy atom. The number of anilines is 1. The maximum absolute atomic E-state index is 9.97. The number of hydrogen-bond donors (Lipinski definition) is 1. The molecule has 1 aromatic rings. The fourth-order valence-corrected chi connectivity index (χ4v) is 2.56. The fourth-order valence-electron chi connectivity index (χ4n) is 2.39. The quantitative estimate of drug-likeness (QED) is 0.815. The lowest BCUT2D eigenvalue weighted by atomic mass is 9.97. The van der Waals surface area contributed by atoms with E-state index in [0.29, 0.717) is 0 Å². The summed E-state index contributed by atoms with van der Waals surface area (Å²) >= 11 is 6.13. The first-order chi connectivity index (χ1) is 7.44. The van der Waals surface area contributed by atoms with Crippen molar-refractivity contribution in [2.45, 2.75) is 38.8 Å². The van der Waals surface area contributed by atoms with E-state index in [4.69, 9.17) is 11.6 Å². The van der Waals surface area contributed by atoms with Crippen LogP contribution in [0.5, 0.6) is 0 Å². The molecule has 2 rings (SSSR count). The minimum atomic E-state index is -0.272. The van der Waals surface area contributed by atoms with Gasteiger partial charge in [0.25, 0.3) is 0 Å². The van der Waals surface area contributed by atoms with Gasteiger partial charge in [0.1, 0.15) is 0 Å². The van der Waals surface area contributed by atoms with Crippen LogP contribution in [0.2, 0.25) is 5.02 Å². The van der Waals surface area contributed by atoms with Gasteiger partial charge < -0.3 is 10.0 Å². The molecule has 1 atom stereocenters. The van der Waals surface area contributed by atoms with Crippen LogP contribution >= 0.6 is 11.6 Å². The first-order valence-corrected chi connectivity index (χ1v) is 6.03. The number of aliphatic hydroxyl groups is 1. The first-order valence-electron chi connectivity index (χ1n) is 5.65. The summed E-state index contributed by atoms with van der Waals surface area (Å²) in [6.45, 7) is 7.06. The average Bonchev–Trinajstić information content (AvgIpc) is 2.48. The van der Waals surface area contributed by atoms with Crippen molar-refractivity contribution in [1.29, 1.82) is 0 Å². The van der Waals surface area contributed by atoms with Gasteiger partial charge >= 0.3 is 0 Å². The summed E-state index contributed by atoms with van der Waals surface area (Å²) in [6.07, 6.45) is 0.546. The first kappa shape index (κ1) is 11.7. The number of hydrogen-bond acceptors (Lipinski definition) is 2. The highest BCUT2D eigenvalue weighted by Gasteiger charge is 2.40. The van der Waals surface area contributed by atoms with E-state index in [9.17, 15) is 5.11 Å². The second-order valence-electron chi connectivity index (χ2n) is 4.99. The van der Waals surface area contributed by atoms with Gasteiger partial charge in [0.15, 0.2) is 0 Å². The van der Waals surface area contributed by atoms with Gasteiger partial charge in [0.05, 0.1) is 11.6 Å². The molecule has 0 spiro atoms. The lowest BCUT2D eigenvalue weighted by Gasteiger charge is -2.36. The van der Waals surface area contributed by atoms with E-state index < -0.39 is 0 Å². The lowest BCUT2D eigenvalue weighted by Crippen LogP contribution is -2.45. The van der Waals surface area contributed by atoms with Crippen molar-refractivity contribution < 1.29 is 5.11 Å². The normalized spacial score (nSPS) is 23.8.